The molecule has 1 saturated carbocycles. The van der Waals surface area contributed by atoms with E-state index in [1.165, 1.54) is 16.1 Å². The lowest BCUT2D eigenvalue weighted by Crippen LogP contribution is -2.27. The average molecular weight is 395 g/mol. The standard InChI is InChI=1S/C17H22N4O3S2/c1-2-9-21-16(13-5-6-13)18-19-17(21)25-12-14-7-8-15(24-14)26(22,23)20-10-3-4-11-20/h2,7-8,13H,1,3-6,9-12H2. The van der Waals surface area contributed by atoms with Crippen molar-refractivity contribution >= 4 is 21.8 Å². The first-order valence-corrected chi connectivity index (χ1v) is 11.3. The summed E-state index contributed by atoms with van der Waals surface area (Å²) in [5, 5.41) is 9.45. The molecule has 0 bridgehead atoms. The summed E-state index contributed by atoms with van der Waals surface area (Å²) in [4.78, 5) is 0. The van der Waals surface area contributed by atoms with Crippen molar-refractivity contribution in [3.8, 4) is 0 Å². The van der Waals surface area contributed by atoms with E-state index in [2.05, 4.69) is 21.3 Å². The van der Waals surface area contributed by atoms with E-state index in [1.807, 2.05) is 6.08 Å². The SMILES string of the molecule is C=CCn1c(SCc2ccc(S(=O)(=O)N3CCCC3)o2)nnc1C1CC1. The Hall–Kier alpha value is -1.58. The lowest BCUT2D eigenvalue weighted by molar-refractivity contribution is 0.397. The summed E-state index contributed by atoms with van der Waals surface area (Å²) in [6, 6.07) is 3.28. The Morgan fingerprint density at radius 1 is 1.27 bits per heavy atom. The van der Waals surface area contributed by atoms with Gasteiger partial charge in [0.1, 0.15) is 11.6 Å². The van der Waals surface area contributed by atoms with E-state index in [0.717, 1.165) is 36.7 Å². The average Bonchev–Trinajstić information content (AvgIpc) is 3.08. The summed E-state index contributed by atoms with van der Waals surface area (Å²) in [5.41, 5.74) is 0. The van der Waals surface area contributed by atoms with Crippen LogP contribution in [0.1, 0.15) is 43.2 Å². The molecule has 1 aliphatic carbocycles. The summed E-state index contributed by atoms with van der Waals surface area (Å²) >= 11 is 1.50. The monoisotopic (exact) mass is 394 g/mol. The van der Waals surface area contributed by atoms with Crippen molar-refractivity contribution in [2.75, 3.05) is 13.1 Å². The van der Waals surface area contributed by atoms with Gasteiger partial charge in [-0.25, -0.2) is 8.42 Å². The fourth-order valence-electron chi connectivity index (χ4n) is 3.12. The largest absolute Gasteiger partial charge is 0.447 e. The van der Waals surface area contributed by atoms with Gasteiger partial charge in [0.25, 0.3) is 10.0 Å². The Balaban J connectivity index is 1.46. The van der Waals surface area contributed by atoms with E-state index >= 15 is 0 Å². The number of aromatic nitrogens is 3. The number of thioether (sulfide) groups is 1. The Morgan fingerprint density at radius 2 is 2.04 bits per heavy atom. The van der Waals surface area contributed by atoms with E-state index in [-0.39, 0.29) is 5.09 Å². The zero-order chi connectivity index (χ0) is 18.1. The Morgan fingerprint density at radius 3 is 2.73 bits per heavy atom. The highest BCUT2D eigenvalue weighted by Gasteiger charge is 2.31. The van der Waals surface area contributed by atoms with Crippen LogP contribution in [0.15, 0.2) is 39.5 Å². The highest BCUT2D eigenvalue weighted by Crippen LogP contribution is 2.40. The summed E-state index contributed by atoms with van der Waals surface area (Å²) in [6.07, 6.45) is 5.98. The number of nitrogens with zero attached hydrogens (tertiary/aromatic N) is 4. The van der Waals surface area contributed by atoms with Gasteiger partial charge in [-0.3, -0.25) is 0 Å². The second-order valence-electron chi connectivity index (χ2n) is 6.63. The number of rotatable bonds is 8. The van der Waals surface area contributed by atoms with Crippen molar-refractivity contribution in [3.05, 3.63) is 36.4 Å². The fourth-order valence-corrected chi connectivity index (χ4v) is 5.41. The first-order chi connectivity index (χ1) is 12.6. The van der Waals surface area contributed by atoms with Crippen molar-refractivity contribution in [2.45, 2.75) is 54.1 Å². The molecule has 0 N–H and O–H groups in total. The van der Waals surface area contributed by atoms with Gasteiger partial charge in [0.05, 0.1) is 5.75 Å². The van der Waals surface area contributed by atoms with Crippen LogP contribution >= 0.6 is 11.8 Å². The van der Waals surface area contributed by atoms with Gasteiger partial charge in [-0.2, -0.15) is 4.31 Å². The summed E-state index contributed by atoms with van der Waals surface area (Å²) in [6.45, 7) is 5.63. The number of furan rings is 1. The first-order valence-electron chi connectivity index (χ1n) is 8.85. The number of hydrogen-bond donors (Lipinski definition) is 0. The second-order valence-corrected chi connectivity index (χ2v) is 9.45. The van der Waals surface area contributed by atoms with Crippen LogP contribution < -0.4 is 0 Å². The van der Waals surface area contributed by atoms with E-state index in [4.69, 9.17) is 4.42 Å². The molecule has 2 aromatic rings. The van der Waals surface area contributed by atoms with Crippen LogP contribution in [-0.4, -0.2) is 40.6 Å². The maximum absolute atomic E-state index is 12.5. The summed E-state index contributed by atoms with van der Waals surface area (Å²) < 4.78 is 34.3. The highest BCUT2D eigenvalue weighted by atomic mass is 32.2. The van der Waals surface area contributed by atoms with Crippen molar-refractivity contribution in [2.24, 2.45) is 0 Å². The number of allylic oxidation sites excluding steroid dienone is 1. The van der Waals surface area contributed by atoms with Gasteiger partial charge >= 0.3 is 0 Å². The molecular formula is C17H22N4O3S2. The van der Waals surface area contributed by atoms with Gasteiger partial charge in [0, 0.05) is 25.6 Å². The number of sulfonamides is 1. The normalized spacial score (nSPS) is 18.5. The minimum absolute atomic E-state index is 0.0289. The smallest absolute Gasteiger partial charge is 0.276 e. The predicted molar refractivity (Wildman–Crippen MR) is 98.5 cm³/mol. The summed E-state index contributed by atoms with van der Waals surface area (Å²) in [7, 11) is -3.51. The van der Waals surface area contributed by atoms with Gasteiger partial charge < -0.3 is 8.98 Å². The molecule has 140 valence electrons. The quantitative estimate of drug-likeness (QED) is 0.506. The third-order valence-corrected chi connectivity index (χ3v) is 7.40. The third-order valence-electron chi connectivity index (χ3n) is 4.64. The molecule has 0 atom stereocenters. The van der Waals surface area contributed by atoms with E-state index in [9.17, 15) is 8.42 Å². The van der Waals surface area contributed by atoms with Crippen LogP contribution in [-0.2, 0) is 22.3 Å². The maximum Gasteiger partial charge on any atom is 0.276 e. The molecule has 1 aliphatic heterocycles. The molecule has 7 nitrogen and oxygen atoms in total. The van der Waals surface area contributed by atoms with Crippen molar-refractivity contribution < 1.29 is 12.8 Å². The zero-order valence-electron chi connectivity index (χ0n) is 14.5. The minimum Gasteiger partial charge on any atom is -0.447 e. The predicted octanol–water partition coefficient (Wildman–Crippen LogP) is 3.01. The molecule has 0 radical (unpaired) electrons. The van der Waals surface area contributed by atoms with Crippen LogP contribution in [0.3, 0.4) is 0 Å². The lowest BCUT2D eigenvalue weighted by atomic mass is 10.4. The zero-order valence-corrected chi connectivity index (χ0v) is 16.1. The van der Waals surface area contributed by atoms with Crippen LogP contribution in [0.4, 0.5) is 0 Å². The van der Waals surface area contributed by atoms with Gasteiger partial charge in [-0.15, -0.1) is 16.8 Å². The van der Waals surface area contributed by atoms with Crippen LogP contribution in [0, 0.1) is 0 Å². The molecule has 0 spiro atoms. The molecule has 0 unspecified atom stereocenters. The van der Waals surface area contributed by atoms with E-state index < -0.39 is 10.0 Å². The van der Waals surface area contributed by atoms with Crippen LogP contribution in [0.5, 0.6) is 0 Å². The van der Waals surface area contributed by atoms with E-state index in [1.54, 1.807) is 12.1 Å². The summed E-state index contributed by atoms with van der Waals surface area (Å²) in [5.74, 6) is 2.66. The van der Waals surface area contributed by atoms with Gasteiger partial charge in [-0.05, 0) is 37.8 Å². The molecule has 9 heteroatoms. The molecule has 0 aromatic carbocycles. The van der Waals surface area contributed by atoms with Gasteiger partial charge in [0.2, 0.25) is 5.09 Å². The molecule has 4 rings (SSSR count). The topological polar surface area (TPSA) is 81.2 Å². The van der Waals surface area contributed by atoms with Crippen LogP contribution in [0.25, 0.3) is 0 Å². The second kappa shape index (κ2) is 7.21. The molecule has 26 heavy (non-hydrogen) atoms. The van der Waals surface area contributed by atoms with Crippen molar-refractivity contribution in [1.82, 2.24) is 19.1 Å². The van der Waals surface area contributed by atoms with Gasteiger partial charge in [-0.1, -0.05) is 17.8 Å². The molecule has 0 amide bonds. The molecule has 2 aliphatic rings. The van der Waals surface area contributed by atoms with Crippen molar-refractivity contribution in [3.63, 3.8) is 0 Å². The molecular weight excluding hydrogens is 372 g/mol. The Labute approximate surface area is 157 Å². The number of hydrogen-bond acceptors (Lipinski definition) is 6. The lowest BCUT2D eigenvalue weighted by Gasteiger charge is -2.12. The maximum atomic E-state index is 12.5. The van der Waals surface area contributed by atoms with E-state index in [0.29, 0.717) is 37.1 Å². The minimum atomic E-state index is -3.51. The fraction of sp³-hybridized carbons (Fsp3) is 0.529. The first kappa shape index (κ1) is 17.8. The van der Waals surface area contributed by atoms with Gasteiger partial charge in [0.15, 0.2) is 5.16 Å². The Bertz CT molecular complexity index is 893. The molecule has 2 aromatic heterocycles. The molecule has 2 fully saturated rings. The van der Waals surface area contributed by atoms with Crippen LogP contribution in [0.2, 0.25) is 0 Å². The molecule has 1 saturated heterocycles. The Kier molecular flexibility index (Phi) is 4.94. The highest BCUT2D eigenvalue weighted by molar-refractivity contribution is 7.98. The molecule has 3 heterocycles. The third kappa shape index (κ3) is 3.47. The van der Waals surface area contributed by atoms with Crippen molar-refractivity contribution in [1.29, 1.82) is 0 Å².